The third kappa shape index (κ3) is 1.23. The van der Waals surface area contributed by atoms with Crippen molar-refractivity contribution in [1.29, 1.82) is 0 Å². The van der Waals surface area contributed by atoms with E-state index in [-0.39, 0.29) is 7.43 Å². The van der Waals surface area contributed by atoms with Crippen LogP contribution in [-0.2, 0) is 6.42 Å². The molecule has 1 aliphatic rings. The van der Waals surface area contributed by atoms with Crippen LogP contribution in [0.25, 0.3) is 0 Å². The lowest BCUT2D eigenvalue weighted by Crippen LogP contribution is -1.86. The second-order valence-corrected chi connectivity index (χ2v) is 2.65. The lowest BCUT2D eigenvalue weighted by molar-refractivity contribution is 0.357. The van der Waals surface area contributed by atoms with Crippen molar-refractivity contribution in [2.75, 3.05) is 6.61 Å². The van der Waals surface area contributed by atoms with E-state index in [1.807, 2.05) is 12.1 Å². The molecular weight excluding hydrogens is 136 g/mol. The van der Waals surface area contributed by atoms with Crippen molar-refractivity contribution in [2.45, 2.75) is 20.8 Å². The van der Waals surface area contributed by atoms with Crippen molar-refractivity contribution >= 4 is 0 Å². The Morgan fingerprint density at radius 1 is 1.36 bits per heavy atom. The lowest BCUT2D eigenvalue weighted by atomic mass is 10.1. The van der Waals surface area contributed by atoms with Crippen LogP contribution >= 0.6 is 0 Å². The molecule has 0 saturated heterocycles. The van der Waals surface area contributed by atoms with Crippen molar-refractivity contribution in [1.82, 2.24) is 0 Å². The van der Waals surface area contributed by atoms with Gasteiger partial charge in [-0.25, -0.2) is 0 Å². The van der Waals surface area contributed by atoms with Crippen molar-refractivity contribution < 1.29 is 4.74 Å². The summed E-state index contributed by atoms with van der Waals surface area (Å²) in [4.78, 5) is 0. The molecule has 0 spiro atoms. The molecule has 1 nitrogen and oxygen atoms in total. The molecule has 11 heavy (non-hydrogen) atoms. The quantitative estimate of drug-likeness (QED) is 0.552. The summed E-state index contributed by atoms with van der Waals surface area (Å²) in [5.74, 6) is 1.08. The number of benzene rings is 1. The number of fused-ring (bicyclic) bond motifs is 1. The first kappa shape index (κ1) is 8.12. The highest BCUT2D eigenvalue weighted by Gasteiger charge is 2.12. The van der Waals surface area contributed by atoms with Gasteiger partial charge < -0.3 is 4.74 Å². The minimum Gasteiger partial charge on any atom is -0.493 e. The molecule has 1 heteroatoms. The Morgan fingerprint density at radius 3 is 2.91 bits per heavy atom. The molecule has 0 atom stereocenters. The molecule has 0 saturated carbocycles. The highest BCUT2D eigenvalue weighted by Crippen LogP contribution is 2.26. The van der Waals surface area contributed by atoms with Gasteiger partial charge in [-0.2, -0.15) is 0 Å². The lowest BCUT2D eigenvalue weighted by Gasteiger charge is -1.99. The Labute approximate surface area is 68.0 Å². The van der Waals surface area contributed by atoms with Crippen LogP contribution < -0.4 is 4.74 Å². The second-order valence-electron chi connectivity index (χ2n) is 2.65. The molecule has 0 amide bonds. The van der Waals surface area contributed by atoms with Gasteiger partial charge in [0.2, 0.25) is 0 Å². The van der Waals surface area contributed by atoms with Crippen LogP contribution in [0.1, 0.15) is 18.6 Å². The van der Waals surface area contributed by atoms with Gasteiger partial charge in [0.1, 0.15) is 5.75 Å². The fourth-order valence-corrected chi connectivity index (χ4v) is 1.39. The van der Waals surface area contributed by atoms with E-state index in [2.05, 4.69) is 13.0 Å². The topological polar surface area (TPSA) is 9.23 Å². The van der Waals surface area contributed by atoms with Crippen LogP contribution in [0.15, 0.2) is 18.2 Å². The third-order valence-electron chi connectivity index (χ3n) is 1.98. The number of rotatable bonds is 0. The summed E-state index contributed by atoms with van der Waals surface area (Å²) in [7, 11) is 0. The second kappa shape index (κ2) is 2.95. The molecule has 0 aromatic heterocycles. The predicted octanol–water partition coefficient (Wildman–Crippen LogP) is 2.57. The summed E-state index contributed by atoms with van der Waals surface area (Å²) in [5.41, 5.74) is 2.75. The minimum absolute atomic E-state index is 0. The Bertz CT molecular complexity index is 253. The van der Waals surface area contributed by atoms with Gasteiger partial charge in [-0.05, 0) is 18.6 Å². The van der Waals surface area contributed by atoms with Crippen LogP contribution in [0.3, 0.4) is 0 Å². The average Bonchev–Trinajstić information content (AvgIpc) is 2.36. The molecule has 60 valence electrons. The van der Waals surface area contributed by atoms with E-state index in [0.717, 1.165) is 18.8 Å². The van der Waals surface area contributed by atoms with E-state index in [1.165, 1.54) is 11.1 Å². The van der Waals surface area contributed by atoms with Gasteiger partial charge in [-0.3, -0.25) is 0 Å². The average molecular weight is 150 g/mol. The van der Waals surface area contributed by atoms with Gasteiger partial charge in [0.05, 0.1) is 6.61 Å². The summed E-state index contributed by atoms with van der Waals surface area (Å²) in [5, 5.41) is 0. The predicted molar refractivity (Wildman–Crippen MR) is 47.1 cm³/mol. The van der Waals surface area contributed by atoms with Crippen molar-refractivity contribution in [3.05, 3.63) is 29.3 Å². The summed E-state index contributed by atoms with van der Waals surface area (Å²) < 4.78 is 5.38. The van der Waals surface area contributed by atoms with E-state index in [1.54, 1.807) is 0 Å². The number of hydrogen-bond donors (Lipinski definition) is 0. The standard InChI is InChI=1S/C9H10O.CH4/c1-7-3-2-4-9-8(7)5-6-10-9;/h2-4H,5-6H2,1H3;1H4. The first-order valence-corrected chi connectivity index (χ1v) is 3.59. The Kier molecular flexibility index (Phi) is 2.18. The van der Waals surface area contributed by atoms with Gasteiger partial charge in [0, 0.05) is 12.0 Å². The van der Waals surface area contributed by atoms with Crippen LogP contribution in [0.5, 0.6) is 5.75 Å². The minimum atomic E-state index is 0. The molecule has 2 rings (SSSR count). The summed E-state index contributed by atoms with van der Waals surface area (Å²) >= 11 is 0. The molecule has 1 heterocycles. The maximum atomic E-state index is 5.38. The molecule has 0 aliphatic carbocycles. The summed E-state index contributed by atoms with van der Waals surface area (Å²) in [6.07, 6.45) is 1.09. The van der Waals surface area contributed by atoms with E-state index >= 15 is 0 Å². The molecule has 0 fully saturated rings. The van der Waals surface area contributed by atoms with Gasteiger partial charge in [0.25, 0.3) is 0 Å². The Hall–Kier alpha value is -0.980. The molecule has 0 radical (unpaired) electrons. The fraction of sp³-hybridized carbons (Fsp3) is 0.400. The number of hydrogen-bond acceptors (Lipinski definition) is 1. The van der Waals surface area contributed by atoms with Gasteiger partial charge in [0.15, 0.2) is 0 Å². The number of aryl methyl sites for hydroxylation is 1. The van der Waals surface area contributed by atoms with Crippen LogP contribution in [0.2, 0.25) is 0 Å². The largest absolute Gasteiger partial charge is 0.493 e. The van der Waals surface area contributed by atoms with Gasteiger partial charge in [-0.15, -0.1) is 0 Å². The van der Waals surface area contributed by atoms with Gasteiger partial charge >= 0.3 is 0 Å². The van der Waals surface area contributed by atoms with Crippen molar-refractivity contribution in [2.24, 2.45) is 0 Å². The van der Waals surface area contributed by atoms with Gasteiger partial charge in [-0.1, -0.05) is 19.6 Å². The molecular formula is C10H14O. The van der Waals surface area contributed by atoms with E-state index in [4.69, 9.17) is 4.74 Å². The number of ether oxygens (including phenoxy) is 1. The molecule has 1 aliphatic heterocycles. The summed E-state index contributed by atoms with van der Waals surface area (Å²) in [6.45, 7) is 2.99. The Balaban J connectivity index is 0.000000605. The maximum absolute atomic E-state index is 5.38. The van der Waals surface area contributed by atoms with E-state index in [9.17, 15) is 0 Å². The molecule has 1 aromatic carbocycles. The van der Waals surface area contributed by atoms with Crippen molar-refractivity contribution in [3.8, 4) is 5.75 Å². The zero-order chi connectivity index (χ0) is 6.97. The fourth-order valence-electron chi connectivity index (χ4n) is 1.39. The molecule has 0 bridgehead atoms. The highest BCUT2D eigenvalue weighted by molar-refractivity contribution is 5.41. The maximum Gasteiger partial charge on any atom is 0.122 e. The molecule has 0 N–H and O–H groups in total. The zero-order valence-corrected chi connectivity index (χ0v) is 6.05. The highest BCUT2D eigenvalue weighted by atomic mass is 16.5. The van der Waals surface area contributed by atoms with E-state index in [0.29, 0.717) is 0 Å². The van der Waals surface area contributed by atoms with Crippen LogP contribution in [0, 0.1) is 6.92 Å². The van der Waals surface area contributed by atoms with Crippen LogP contribution in [0.4, 0.5) is 0 Å². The first-order valence-electron chi connectivity index (χ1n) is 3.59. The molecule has 1 aromatic rings. The first-order chi connectivity index (χ1) is 4.88. The molecule has 0 unspecified atom stereocenters. The van der Waals surface area contributed by atoms with Crippen LogP contribution in [-0.4, -0.2) is 6.61 Å². The Morgan fingerprint density at radius 2 is 2.18 bits per heavy atom. The normalized spacial score (nSPS) is 13.2. The smallest absolute Gasteiger partial charge is 0.122 e. The zero-order valence-electron chi connectivity index (χ0n) is 6.05. The monoisotopic (exact) mass is 150 g/mol. The third-order valence-corrected chi connectivity index (χ3v) is 1.98. The van der Waals surface area contributed by atoms with Crippen molar-refractivity contribution in [3.63, 3.8) is 0 Å². The SMILES string of the molecule is C.Cc1cccc2c1CCO2. The summed E-state index contributed by atoms with van der Waals surface area (Å²) in [6, 6.07) is 6.21. The van der Waals surface area contributed by atoms with E-state index < -0.39 is 0 Å².